The average molecular weight is 363 g/mol. The van der Waals surface area contributed by atoms with E-state index in [2.05, 4.69) is 17.1 Å². The highest BCUT2D eigenvalue weighted by Gasteiger charge is 2.47. The summed E-state index contributed by atoms with van der Waals surface area (Å²) >= 11 is 0. The molecule has 27 heavy (non-hydrogen) atoms. The van der Waals surface area contributed by atoms with Crippen molar-refractivity contribution in [3.05, 3.63) is 66.0 Å². The predicted molar refractivity (Wildman–Crippen MR) is 103 cm³/mol. The van der Waals surface area contributed by atoms with Crippen molar-refractivity contribution < 1.29 is 9.59 Å². The Morgan fingerprint density at radius 3 is 2.48 bits per heavy atom. The maximum atomic E-state index is 13.2. The molecule has 0 bridgehead atoms. The predicted octanol–water partition coefficient (Wildman–Crippen LogP) is 3.44. The second-order valence-electron chi connectivity index (χ2n) is 7.43. The van der Waals surface area contributed by atoms with Gasteiger partial charge in [0.05, 0.1) is 18.1 Å². The van der Waals surface area contributed by atoms with Gasteiger partial charge in [0.2, 0.25) is 5.91 Å². The van der Waals surface area contributed by atoms with Gasteiger partial charge in [-0.3, -0.25) is 14.6 Å². The third-order valence-electron chi connectivity index (χ3n) is 5.84. The number of amides is 2. The number of nitrogens with zero attached hydrogens (tertiary/aromatic N) is 3. The Bertz CT molecular complexity index is 809. The van der Waals surface area contributed by atoms with Crippen LogP contribution in [-0.2, 0) is 4.79 Å². The van der Waals surface area contributed by atoms with Gasteiger partial charge in [-0.05, 0) is 43.4 Å². The average Bonchev–Trinajstić information content (AvgIpc) is 2.97. The van der Waals surface area contributed by atoms with E-state index < -0.39 is 0 Å². The summed E-state index contributed by atoms with van der Waals surface area (Å²) in [6, 6.07) is 15.7. The van der Waals surface area contributed by atoms with Crippen molar-refractivity contribution in [3.63, 3.8) is 0 Å². The van der Waals surface area contributed by atoms with Crippen LogP contribution < -0.4 is 0 Å². The Morgan fingerprint density at radius 2 is 1.78 bits per heavy atom. The second-order valence-corrected chi connectivity index (χ2v) is 7.43. The maximum absolute atomic E-state index is 13.2. The first-order valence-electron chi connectivity index (χ1n) is 9.72. The molecule has 2 aliphatic heterocycles. The molecule has 2 amide bonds. The van der Waals surface area contributed by atoms with Crippen molar-refractivity contribution in [3.8, 4) is 0 Å². The molecule has 5 heteroatoms. The molecule has 5 nitrogen and oxygen atoms in total. The van der Waals surface area contributed by atoms with Crippen molar-refractivity contribution in [2.24, 2.45) is 0 Å². The Hall–Kier alpha value is -2.69. The van der Waals surface area contributed by atoms with E-state index >= 15 is 0 Å². The van der Waals surface area contributed by atoms with Crippen molar-refractivity contribution in [1.29, 1.82) is 0 Å². The summed E-state index contributed by atoms with van der Waals surface area (Å²) in [4.78, 5) is 34.0. The minimum absolute atomic E-state index is 0.0234. The molecular formula is C22H25N3O2. The van der Waals surface area contributed by atoms with Crippen LogP contribution in [0.4, 0.5) is 0 Å². The van der Waals surface area contributed by atoms with Crippen LogP contribution in [0.15, 0.2) is 54.7 Å². The molecule has 4 rings (SSSR count). The number of carbonyl (C=O) groups excluding carboxylic acids is 2. The molecule has 0 radical (unpaired) electrons. The molecule has 3 atom stereocenters. The molecule has 140 valence electrons. The third kappa shape index (κ3) is 3.34. The first-order valence-corrected chi connectivity index (χ1v) is 9.72. The van der Waals surface area contributed by atoms with Crippen molar-refractivity contribution in [2.75, 3.05) is 6.54 Å². The van der Waals surface area contributed by atoms with Crippen LogP contribution in [0, 0.1) is 0 Å². The smallest absolute Gasteiger partial charge is 0.272 e. The fourth-order valence-electron chi connectivity index (χ4n) is 4.70. The number of pyridine rings is 1. The second kappa shape index (κ2) is 7.51. The van der Waals surface area contributed by atoms with E-state index in [1.165, 1.54) is 0 Å². The number of likely N-dealkylation sites (tertiary alicyclic amines) is 2. The molecule has 1 aromatic heterocycles. The molecule has 0 unspecified atom stereocenters. The normalized spacial score (nSPS) is 25.0. The number of hydrogen-bond acceptors (Lipinski definition) is 3. The summed E-state index contributed by atoms with van der Waals surface area (Å²) in [6.45, 7) is 2.37. The fraction of sp³-hybridized carbons (Fsp3) is 0.409. The van der Waals surface area contributed by atoms with Gasteiger partial charge in [-0.15, -0.1) is 0 Å². The van der Waals surface area contributed by atoms with Gasteiger partial charge >= 0.3 is 0 Å². The molecule has 2 aliphatic rings. The standard InChI is InChI=1S/C22H25N3O2/c1-16(26)25-19-12-6-8-14-24(22(27)18-11-5-7-13-23-18)21(19)15-20(25)17-9-3-2-4-10-17/h2-5,7,9-11,13,19-21H,6,8,12,14-15H2,1H3/t19-,20-,21+/m0/s1. The Labute approximate surface area is 160 Å². The van der Waals surface area contributed by atoms with E-state index in [0.29, 0.717) is 5.69 Å². The van der Waals surface area contributed by atoms with E-state index in [-0.39, 0.29) is 29.9 Å². The van der Waals surface area contributed by atoms with Gasteiger partial charge < -0.3 is 9.80 Å². The molecule has 0 aliphatic carbocycles. The van der Waals surface area contributed by atoms with Crippen LogP contribution in [0.25, 0.3) is 0 Å². The fourth-order valence-corrected chi connectivity index (χ4v) is 4.70. The van der Waals surface area contributed by atoms with Gasteiger partial charge in [0.15, 0.2) is 0 Å². The van der Waals surface area contributed by atoms with E-state index in [1.807, 2.05) is 40.1 Å². The molecule has 2 saturated heterocycles. The lowest BCUT2D eigenvalue weighted by atomic mass is 10.0. The monoisotopic (exact) mass is 363 g/mol. The zero-order valence-corrected chi connectivity index (χ0v) is 15.6. The summed E-state index contributed by atoms with van der Waals surface area (Å²) in [5, 5.41) is 0. The summed E-state index contributed by atoms with van der Waals surface area (Å²) in [5.41, 5.74) is 1.63. The zero-order valence-electron chi connectivity index (χ0n) is 15.6. The molecule has 0 spiro atoms. The number of hydrogen-bond donors (Lipinski definition) is 0. The Kier molecular flexibility index (Phi) is 4.92. The number of aromatic nitrogens is 1. The maximum Gasteiger partial charge on any atom is 0.272 e. The minimum atomic E-state index is -0.0234. The van der Waals surface area contributed by atoms with Crippen LogP contribution in [0.2, 0.25) is 0 Å². The molecule has 0 N–H and O–H groups in total. The highest BCUT2D eigenvalue weighted by molar-refractivity contribution is 5.92. The van der Waals surface area contributed by atoms with Gasteiger partial charge in [0.25, 0.3) is 5.91 Å². The zero-order chi connectivity index (χ0) is 18.8. The van der Waals surface area contributed by atoms with E-state index in [0.717, 1.165) is 37.8 Å². The Morgan fingerprint density at radius 1 is 1.00 bits per heavy atom. The molecule has 0 saturated carbocycles. The third-order valence-corrected chi connectivity index (χ3v) is 5.84. The molecule has 3 heterocycles. The van der Waals surface area contributed by atoms with Crippen LogP contribution in [0.3, 0.4) is 0 Å². The number of fused-ring (bicyclic) bond motifs is 1. The summed E-state index contributed by atoms with van der Waals surface area (Å²) in [6.07, 6.45) is 5.38. The molecular weight excluding hydrogens is 338 g/mol. The van der Waals surface area contributed by atoms with Crippen LogP contribution >= 0.6 is 0 Å². The highest BCUT2D eigenvalue weighted by atomic mass is 16.2. The van der Waals surface area contributed by atoms with Crippen molar-refractivity contribution >= 4 is 11.8 Å². The number of benzene rings is 1. The first-order chi connectivity index (χ1) is 13.2. The minimum Gasteiger partial charge on any atom is -0.332 e. The van der Waals surface area contributed by atoms with Crippen LogP contribution in [0.5, 0.6) is 0 Å². The van der Waals surface area contributed by atoms with Gasteiger partial charge in [-0.25, -0.2) is 0 Å². The quantitative estimate of drug-likeness (QED) is 0.821. The lowest BCUT2D eigenvalue weighted by molar-refractivity contribution is -0.132. The van der Waals surface area contributed by atoms with Crippen LogP contribution in [-0.4, -0.2) is 45.2 Å². The largest absolute Gasteiger partial charge is 0.332 e. The number of rotatable bonds is 2. The Balaban J connectivity index is 1.69. The van der Waals surface area contributed by atoms with Crippen molar-refractivity contribution in [2.45, 2.75) is 50.7 Å². The van der Waals surface area contributed by atoms with Gasteiger partial charge in [0.1, 0.15) is 5.69 Å². The lowest BCUT2D eigenvalue weighted by Crippen LogP contribution is -2.48. The van der Waals surface area contributed by atoms with Crippen molar-refractivity contribution in [1.82, 2.24) is 14.8 Å². The van der Waals surface area contributed by atoms with Gasteiger partial charge in [-0.1, -0.05) is 36.4 Å². The molecule has 2 aromatic rings. The first kappa shape index (κ1) is 17.7. The molecule has 2 fully saturated rings. The van der Waals surface area contributed by atoms with Gasteiger partial charge in [0, 0.05) is 19.7 Å². The SMILES string of the molecule is CC(=O)N1[C@H](c2ccccc2)C[C@@H]2[C@@H]1CCCCN2C(=O)c1ccccn1. The lowest BCUT2D eigenvalue weighted by Gasteiger charge is -2.33. The molecule has 1 aromatic carbocycles. The van der Waals surface area contributed by atoms with E-state index in [9.17, 15) is 9.59 Å². The summed E-state index contributed by atoms with van der Waals surface area (Å²) in [5.74, 6) is 0.0631. The highest BCUT2D eigenvalue weighted by Crippen LogP contribution is 2.42. The van der Waals surface area contributed by atoms with E-state index in [1.54, 1.807) is 19.2 Å². The topological polar surface area (TPSA) is 53.5 Å². The van der Waals surface area contributed by atoms with Crippen LogP contribution in [0.1, 0.15) is 54.7 Å². The summed E-state index contributed by atoms with van der Waals surface area (Å²) < 4.78 is 0. The van der Waals surface area contributed by atoms with Gasteiger partial charge in [-0.2, -0.15) is 0 Å². The number of carbonyl (C=O) groups is 2. The summed E-state index contributed by atoms with van der Waals surface area (Å²) in [7, 11) is 0. The van der Waals surface area contributed by atoms with E-state index in [4.69, 9.17) is 0 Å².